The maximum Gasteiger partial charge on any atom is 0.0636 e. The molecule has 0 saturated carbocycles. The van der Waals surface area contributed by atoms with Crippen molar-refractivity contribution in [1.82, 2.24) is 14.9 Å². The van der Waals surface area contributed by atoms with E-state index in [9.17, 15) is 0 Å². The van der Waals surface area contributed by atoms with Gasteiger partial charge in [-0.2, -0.15) is 0 Å². The maximum absolute atomic E-state index is 4.70. The minimum atomic E-state index is 0.651. The Morgan fingerprint density at radius 3 is 3.00 bits per heavy atom. The van der Waals surface area contributed by atoms with E-state index in [0.29, 0.717) is 5.92 Å². The van der Waals surface area contributed by atoms with Gasteiger partial charge in [-0.05, 0) is 25.3 Å². The quantitative estimate of drug-likeness (QED) is 0.728. The largest absolute Gasteiger partial charge is 0.302 e. The number of aromatic nitrogens is 2. The van der Waals surface area contributed by atoms with Gasteiger partial charge in [-0.15, -0.1) is 0 Å². The molecule has 3 rings (SSSR count). The predicted molar refractivity (Wildman–Crippen MR) is 58.7 cm³/mol. The second-order valence-electron chi connectivity index (χ2n) is 4.70. The molecule has 3 heteroatoms. The van der Waals surface area contributed by atoms with E-state index in [-0.39, 0.29) is 0 Å². The summed E-state index contributed by atoms with van der Waals surface area (Å²) >= 11 is 0. The maximum atomic E-state index is 4.70. The summed E-state index contributed by atoms with van der Waals surface area (Å²) in [6.07, 6.45) is 6.19. The van der Waals surface area contributed by atoms with Crippen LogP contribution < -0.4 is 0 Å². The third-order valence-corrected chi connectivity index (χ3v) is 3.78. The summed E-state index contributed by atoms with van der Waals surface area (Å²) in [7, 11) is 0. The van der Waals surface area contributed by atoms with Crippen molar-refractivity contribution < 1.29 is 0 Å². The first kappa shape index (κ1) is 9.28. The van der Waals surface area contributed by atoms with Crippen molar-refractivity contribution in [3.8, 4) is 0 Å². The summed E-state index contributed by atoms with van der Waals surface area (Å²) < 4.78 is 0. The van der Waals surface area contributed by atoms with Crippen LogP contribution in [-0.4, -0.2) is 34.5 Å². The average molecular weight is 203 g/mol. The molecule has 3 nitrogen and oxygen atoms in total. The Bertz CT molecular complexity index is 364. The van der Waals surface area contributed by atoms with Crippen LogP contribution in [0.15, 0.2) is 12.4 Å². The minimum absolute atomic E-state index is 0.651. The van der Waals surface area contributed by atoms with Gasteiger partial charge in [0.1, 0.15) is 0 Å². The molecule has 2 fully saturated rings. The molecular formula is C12H17N3. The van der Waals surface area contributed by atoms with Gasteiger partial charge >= 0.3 is 0 Å². The van der Waals surface area contributed by atoms with Crippen molar-refractivity contribution in [2.75, 3.05) is 19.6 Å². The Morgan fingerprint density at radius 2 is 2.33 bits per heavy atom. The van der Waals surface area contributed by atoms with Crippen LogP contribution >= 0.6 is 0 Å². The molecule has 2 aliphatic heterocycles. The standard InChI is InChI=1S/C12H17N3/c1-2-10-5-13-6-12(14-10)11-8-15-4-3-9(11)7-15/h5-6,9,11H,2-4,7-8H2,1H3/t9-,11-/m1/s1. The molecule has 1 aromatic rings. The van der Waals surface area contributed by atoms with Gasteiger partial charge in [-0.3, -0.25) is 9.97 Å². The van der Waals surface area contributed by atoms with Gasteiger partial charge in [0, 0.05) is 31.4 Å². The monoisotopic (exact) mass is 203 g/mol. The lowest BCUT2D eigenvalue weighted by atomic mass is 9.90. The molecule has 0 N–H and O–H groups in total. The number of fused-ring (bicyclic) bond motifs is 2. The summed E-state index contributed by atoms with van der Waals surface area (Å²) in [4.78, 5) is 11.6. The minimum Gasteiger partial charge on any atom is -0.302 e. The molecule has 0 aliphatic carbocycles. The van der Waals surface area contributed by atoms with Gasteiger partial charge in [0.25, 0.3) is 0 Å². The van der Waals surface area contributed by atoms with E-state index in [1.54, 1.807) is 0 Å². The Kier molecular flexibility index (Phi) is 2.20. The van der Waals surface area contributed by atoms with Crippen LogP contribution in [0.1, 0.15) is 30.7 Å². The van der Waals surface area contributed by atoms with Crippen LogP contribution in [0.25, 0.3) is 0 Å². The van der Waals surface area contributed by atoms with E-state index < -0.39 is 0 Å². The molecule has 0 spiro atoms. The van der Waals surface area contributed by atoms with Gasteiger partial charge in [0.15, 0.2) is 0 Å². The number of aryl methyl sites for hydroxylation is 1. The van der Waals surface area contributed by atoms with Gasteiger partial charge in [0.2, 0.25) is 0 Å². The van der Waals surface area contributed by atoms with Crippen molar-refractivity contribution in [3.63, 3.8) is 0 Å². The first-order valence-corrected chi connectivity index (χ1v) is 5.90. The zero-order valence-corrected chi connectivity index (χ0v) is 9.19. The highest BCUT2D eigenvalue weighted by Crippen LogP contribution is 2.38. The van der Waals surface area contributed by atoms with E-state index in [1.165, 1.54) is 31.7 Å². The number of hydrogen-bond donors (Lipinski definition) is 0. The van der Waals surface area contributed by atoms with Crippen molar-refractivity contribution in [2.24, 2.45) is 5.92 Å². The zero-order chi connectivity index (χ0) is 10.3. The summed E-state index contributed by atoms with van der Waals surface area (Å²) in [5.41, 5.74) is 2.35. The zero-order valence-electron chi connectivity index (χ0n) is 9.19. The van der Waals surface area contributed by atoms with E-state index in [4.69, 9.17) is 4.98 Å². The topological polar surface area (TPSA) is 29.0 Å². The van der Waals surface area contributed by atoms with Crippen molar-refractivity contribution >= 4 is 0 Å². The van der Waals surface area contributed by atoms with Crippen LogP contribution in [0, 0.1) is 5.92 Å². The predicted octanol–water partition coefficient (Wildman–Crippen LogP) is 1.46. The normalized spacial score (nSPS) is 33.5. The van der Waals surface area contributed by atoms with Crippen LogP contribution in [0.5, 0.6) is 0 Å². The second-order valence-corrected chi connectivity index (χ2v) is 4.70. The molecule has 0 aromatic carbocycles. The fourth-order valence-corrected chi connectivity index (χ4v) is 2.89. The second kappa shape index (κ2) is 3.56. The summed E-state index contributed by atoms with van der Waals surface area (Å²) in [6, 6.07) is 0. The molecule has 80 valence electrons. The van der Waals surface area contributed by atoms with Crippen LogP contribution in [0.4, 0.5) is 0 Å². The van der Waals surface area contributed by atoms with Crippen molar-refractivity contribution in [2.45, 2.75) is 25.7 Å². The molecule has 3 atom stereocenters. The fraction of sp³-hybridized carbons (Fsp3) is 0.667. The van der Waals surface area contributed by atoms with Crippen molar-refractivity contribution in [1.29, 1.82) is 0 Å². The van der Waals surface area contributed by atoms with Gasteiger partial charge in [0.05, 0.1) is 11.4 Å². The first-order valence-electron chi connectivity index (χ1n) is 5.90. The van der Waals surface area contributed by atoms with E-state index in [2.05, 4.69) is 16.8 Å². The van der Waals surface area contributed by atoms with Gasteiger partial charge in [-0.1, -0.05) is 6.92 Å². The number of nitrogens with zero attached hydrogens (tertiary/aromatic N) is 3. The highest BCUT2D eigenvalue weighted by molar-refractivity contribution is 5.14. The average Bonchev–Trinajstić information content (AvgIpc) is 2.91. The molecule has 15 heavy (non-hydrogen) atoms. The number of rotatable bonds is 2. The Hall–Kier alpha value is -0.960. The van der Waals surface area contributed by atoms with E-state index in [0.717, 1.165) is 18.0 Å². The summed E-state index contributed by atoms with van der Waals surface area (Å²) in [5.74, 6) is 1.49. The van der Waals surface area contributed by atoms with Crippen molar-refractivity contribution in [3.05, 3.63) is 23.8 Å². The highest BCUT2D eigenvalue weighted by Gasteiger charge is 2.39. The summed E-state index contributed by atoms with van der Waals surface area (Å²) in [6.45, 7) is 5.91. The number of piperidine rings is 1. The number of hydrogen-bond acceptors (Lipinski definition) is 3. The van der Waals surface area contributed by atoms with Crippen LogP contribution in [0.3, 0.4) is 0 Å². The highest BCUT2D eigenvalue weighted by atomic mass is 15.2. The lowest BCUT2D eigenvalue weighted by molar-refractivity contribution is 0.343. The first-order chi connectivity index (χ1) is 7.36. The molecular weight excluding hydrogens is 186 g/mol. The molecule has 0 radical (unpaired) electrons. The SMILES string of the molecule is CCc1cncc([C@@H]2CN3CC[C@@H]2C3)n1. The van der Waals surface area contributed by atoms with Crippen LogP contribution in [-0.2, 0) is 6.42 Å². The van der Waals surface area contributed by atoms with Gasteiger partial charge < -0.3 is 4.90 Å². The fourth-order valence-electron chi connectivity index (χ4n) is 2.89. The molecule has 0 amide bonds. The van der Waals surface area contributed by atoms with E-state index >= 15 is 0 Å². The Balaban J connectivity index is 1.86. The molecule has 3 heterocycles. The lowest BCUT2D eigenvalue weighted by Gasteiger charge is -2.21. The lowest BCUT2D eigenvalue weighted by Crippen LogP contribution is -2.23. The van der Waals surface area contributed by atoms with Gasteiger partial charge in [-0.25, -0.2) is 0 Å². The smallest absolute Gasteiger partial charge is 0.0636 e. The molecule has 1 unspecified atom stereocenters. The summed E-state index contributed by atoms with van der Waals surface area (Å²) in [5, 5.41) is 0. The van der Waals surface area contributed by atoms with E-state index in [1.807, 2.05) is 12.4 Å². The third kappa shape index (κ3) is 1.55. The molecule has 1 aromatic heterocycles. The Labute approximate surface area is 90.5 Å². The van der Waals surface area contributed by atoms with Crippen LogP contribution in [0.2, 0.25) is 0 Å². The Morgan fingerprint density at radius 1 is 1.40 bits per heavy atom. The molecule has 2 bridgehead atoms. The molecule has 2 aliphatic rings. The molecule has 2 saturated heterocycles. The third-order valence-electron chi connectivity index (χ3n) is 3.78.